The van der Waals surface area contributed by atoms with E-state index < -0.39 is 9.84 Å². The SMILES string of the molecule is CC1(C)CN(CCCS(C)(=O)=O)C(C2CCCCC2)CN1. The number of hydrogen-bond acceptors (Lipinski definition) is 4. The van der Waals surface area contributed by atoms with Crippen molar-refractivity contribution >= 4 is 9.84 Å². The first-order valence-electron chi connectivity index (χ1n) is 8.44. The first-order chi connectivity index (χ1) is 9.77. The van der Waals surface area contributed by atoms with Crippen molar-refractivity contribution in [1.29, 1.82) is 0 Å². The average Bonchev–Trinajstić information content (AvgIpc) is 2.37. The highest BCUT2D eigenvalue weighted by Crippen LogP contribution is 2.31. The first kappa shape index (κ1) is 17.2. The van der Waals surface area contributed by atoms with Crippen LogP contribution in [-0.2, 0) is 9.84 Å². The Morgan fingerprint density at radius 1 is 1.19 bits per heavy atom. The Morgan fingerprint density at radius 2 is 1.86 bits per heavy atom. The van der Waals surface area contributed by atoms with Crippen LogP contribution in [0.1, 0.15) is 52.4 Å². The standard InChI is InChI=1S/C16H32N2O2S/c1-16(2)13-18(10-7-11-21(3,19)20)15(12-17-16)14-8-5-4-6-9-14/h14-15,17H,4-13H2,1-3H3. The molecule has 0 spiro atoms. The average molecular weight is 317 g/mol. The van der Waals surface area contributed by atoms with Gasteiger partial charge in [0.1, 0.15) is 9.84 Å². The molecule has 1 heterocycles. The van der Waals surface area contributed by atoms with Gasteiger partial charge in [0.05, 0.1) is 5.75 Å². The van der Waals surface area contributed by atoms with Gasteiger partial charge in [-0.1, -0.05) is 19.3 Å². The summed E-state index contributed by atoms with van der Waals surface area (Å²) in [6.07, 6.45) is 8.90. The lowest BCUT2D eigenvalue weighted by Gasteiger charge is -2.48. The van der Waals surface area contributed by atoms with Gasteiger partial charge in [0.15, 0.2) is 0 Å². The molecule has 2 fully saturated rings. The lowest BCUT2D eigenvalue weighted by molar-refractivity contribution is 0.0483. The van der Waals surface area contributed by atoms with E-state index in [0.29, 0.717) is 11.8 Å². The Balaban J connectivity index is 1.96. The monoisotopic (exact) mass is 316 g/mol. The van der Waals surface area contributed by atoms with Crippen LogP contribution in [0.5, 0.6) is 0 Å². The maximum atomic E-state index is 11.4. The van der Waals surface area contributed by atoms with Crippen LogP contribution in [0, 0.1) is 5.92 Å². The van der Waals surface area contributed by atoms with Crippen LogP contribution < -0.4 is 5.32 Å². The summed E-state index contributed by atoms with van der Waals surface area (Å²) in [6, 6.07) is 0.595. The zero-order chi connectivity index (χ0) is 15.5. The topological polar surface area (TPSA) is 49.4 Å². The van der Waals surface area contributed by atoms with Crippen LogP contribution in [0.25, 0.3) is 0 Å². The van der Waals surface area contributed by atoms with Crippen molar-refractivity contribution in [3.63, 3.8) is 0 Å². The molecule has 1 aliphatic heterocycles. The molecule has 0 aromatic rings. The highest BCUT2D eigenvalue weighted by molar-refractivity contribution is 7.90. The minimum atomic E-state index is -2.84. The van der Waals surface area contributed by atoms with Crippen molar-refractivity contribution in [1.82, 2.24) is 10.2 Å². The van der Waals surface area contributed by atoms with Crippen molar-refractivity contribution in [2.24, 2.45) is 5.92 Å². The Kier molecular flexibility index (Phi) is 5.71. The van der Waals surface area contributed by atoms with Crippen LogP contribution >= 0.6 is 0 Å². The number of hydrogen-bond donors (Lipinski definition) is 1. The van der Waals surface area contributed by atoms with E-state index in [2.05, 4.69) is 24.1 Å². The number of nitrogens with one attached hydrogen (secondary N) is 1. The van der Waals surface area contributed by atoms with Gasteiger partial charge < -0.3 is 5.32 Å². The zero-order valence-electron chi connectivity index (χ0n) is 13.9. The van der Waals surface area contributed by atoms with Gasteiger partial charge in [0, 0.05) is 30.9 Å². The summed E-state index contributed by atoms with van der Waals surface area (Å²) in [5.74, 6) is 1.11. The van der Waals surface area contributed by atoms with Crippen molar-refractivity contribution < 1.29 is 8.42 Å². The van der Waals surface area contributed by atoms with E-state index in [-0.39, 0.29) is 5.54 Å². The molecule has 0 amide bonds. The molecular weight excluding hydrogens is 284 g/mol. The van der Waals surface area contributed by atoms with Gasteiger partial charge in [0.2, 0.25) is 0 Å². The normalized spacial score (nSPS) is 28.6. The van der Waals surface area contributed by atoms with Gasteiger partial charge in [-0.25, -0.2) is 8.42 Å². The minimum Gasteiger partial charge on any atom is -0.309 e. The summed E-state index contributed by atoms with van der Waals surface area (Å²) >= 11 is 0. The summed E-state index contributed by atoms with van der Waals surface area (Å²) in [5, 5.41) is 3.68. The molecular formula is C16H32N2O2S. The molecule has 2 aliphatic rings. The molecule has 4 nitrogen and oxygen atoms in total. The zero-order valence-corrected chi connectivity index (χ0v) is 14.7. The molecule has 1 aliphatic carbocycles. The summed E-state index contributed by atoms with van der Waals surface area (Å²) in [4.78, 5) is 2.57. The Labute approximate surface area is 130 Å². The molecule has 0 radical (unpaired) electrons. The van der Waals surface area contributed by atoms with E-state index in [1.54, 1.807) is 0 Å². The highest BCUT2D eigenvalue weighted by atomic mass is 32.2. The molecule has 0 bridgehead atoms. The number of sulfone groups is 1. The third kappa shape index (κ3) is 5.53. The van der Waals surface area contributed by atoms with Crippen molar-refractivity contribution in [2.75, 3.05) is 31.6 Å². The van der Waals surface area contributed by atoms with Gasteiger partial charge in [-0.3, -0.25) is 4.90 Å². The lowest BCUT2D eigenvalue weighted by Crippen LogP contribution is -2.63. The molecule has 21 heavy (non-hydrogen) atoms. The first-order valence-corrected chi connectivity index (χ1v) is 10.5. The van der Waals surface area contributed by atoms with Gasteiger partial charge in [0.25, 0.3) is 0 Å². The minimum absolute atomic E-state index is 0.135. The maximum absolute atomic E-state index is 11.4. The molecule has 1 saturated heterocycles. The summed E-state index contributed by atoms with van der Waals surface area (Å²) in [5.41, 5.74) is 0.135. The van der Waals surface area contributed by atoms with Gasteiger partial charge in [-0.05, 0) is 45.6 Å². The molecule has 1 N–H and O–H groups in total. The van der Waals surface area contributed by atoms with Crippen LogP contribution in [-0.4, -0.2) is 56.5 Å². The molecule has 1 unspecified atom stereocenters. The Hall–Kier alpha value is -0.130. The molecule has 124 valence electrons. The smallest absolute Gasteiger partial charge is 0.147 e. The number of nitrogens with zero attached hydrogens (tertiary/aromatic N) is 1. The predicted molar refractivity (Wildman–Crippen MR) is 88.3 cm³/mol. The van der Waals surface area contributed by atoms with E-state index in [9.17, 15) is 8.42 Å². The summed E-state index contributed by atoms with van der Waals surface area (Å²) in [6.45, 7) is 7.48. The number of piperazine rings is 1. The fraction of sp³-hybridized carbons (Fsp3) is 1.00. The molecule has 0 aromatic carbocycles. The van der Waals surface area contributed by atoms with Gasteiger partial charge in [-0.15, -0.1) is 0 Å². The quantitative estimate of drug-likeness (QED) is 0.843. The second-order valence-electron chi connectivity index (χ2n) is 7.68. The Morgan fingerprint density at radius 3 is 2.48 bits per heavy atom. The van der Waals surface area contributed by atoms with Crippen LogP contribution in [0.2, 0.25) is 0 Å². The molecule has 1 atom stereocenters. The molecule has 0 aromatic heterocycles. The second kappa shape index (κ2) is 6.97. The summed E-state index contributed by atoms with van der Waals surface area (Å²) < 4.78 is 22.7. The van der Waals surface area contributed by atoms with E-state index in [4.69, 9.17) is 0 Å². The van der Waals surface area contributed by atoms with E-state index in [0.717, 1.165) is 32.0 Å². The molecule has 5 heteroatoms. The van der Waals surface area contributed by atoms with Gasteiger partial charge in [-0.2, -0.15) is 0 Å². The van der Waals surface area contributed by atoms with Crippen LogP contribution in [0.3, 0.4) is 0 Å². The summed E-state index contributed by atoms with van der Waals surface area (Å²) in [7, 11) is -2.84. The van der Waals surface area contributed by atoms with Crippen molar-refractivity contribution in [3.05, 3.63) is 0 Å². The predicted octanol–water partition coefficient (Wildman–Crippen LogP) is 2.05. The van der Waals surface area contributed by atoms with Crippen LogP contribution in [0.15, 0.2) is 0 Å². The number of rotatable bonds is 5. The van der Waals surface area contributed by atoms with E-state index >= 15 is 0 Å². The van der Waals surface area contributed by atoms with Crippen molar-refractivity contribution in [3.8, 4) is 0 Å². The van der Waals surface area contributed by atoms with Gasteiger partial charge >= 0.3 is 0 Å². The third-order valence-electron chi connectivity index (χ3n) is 5.01. The molecule has 1 saturated carbocycles. The van der Waals surface area contributed by atoms with E-state index in [1.807, 2.05) is 0 Å². The van der Waals surface area contributed by atoms with Crippen molar-refractivity contribution in [2.45, 2.75) is 64.0 Å². The fourth-order valence-electron chi connectivity index (χ4n) is 3.95. The Bertz CT molecular complexity index is 428. The largest absolute Gasteiger partial charge is 0.309 e. The van der Waals surface area contributed by atoms with E-state index in [1.165, 1.54) is 38.4 Å². The van der Waals surface area contributed by atoms with Crippen LogP contribution in [0.4, 0.5) is 0 Å². The third-order valence-corrected chi connectivity index (χ3v) is 6.04. The highest BCUT2D eigenvalue weighted by Gasteiger charge is 2.36. The maximum Gasteiger partial charge on any atom is 0.147 e. The fourth-order valence-corrected chi connectivity index (χ4v) is 4.60. The second-order valence-corrected chi connectivity index (χ2v) is 9.94. The molecule has 2 rings (SSSR count). The lowest BCUT2D eigenvalue weighted by atomic mass is 9.81.